The number of nitrogens with zero attached hydrogens (tertiary/aromatic N) is 3. The Kier molecular flexibility index (Phi) is 10.6. The number of benzene rings is 1. The third kappa shape index (κ3) is 9.34. The number of nitrogens with one attached hydrogen (secondary N) is 2. The first-order chi connectivity index (χ1) is 19.2. The number of hydrogen-bond acceptors (Lipinski definition) is 7. The van der Waals surface area contributed by atoms with E-state index < -0.39 is 5.60 Å². The van der Waals surface area contributed by atoms with Crippen LogP contribution in [-0.2, 0) is 4.74 Å². The van der Waals surface area contributed by atoms with Crippen molar-refractivity contribution in [1.82, 2.24) is 25.4 Å². The van der Waals surface area contributed by atoms with Gasteiger partial charge in [-0.15, -0.1) is 0 Å². The maximum absolute atomic E-state index is 13.3. The van der Waals surface area contributed by atoms with Crippen molar-refractivity contribution >= 4 is 22.9 Å². The van der Waals surface area contributed by atoms with Gasteiger partial charge in [0.05, 0.1) is 17.7 Å². The van der Waals surface area contributed by atoms with E-state index in [0.29, 0.717) is 43.0 Å². The van der Waals surface area contributed by atoms with E-state index in [2.05, 4.69) is 32.5 Å². The second-order valence-electron chi connectivity index (χ2n) is 12.4. The summed E-state index contributed by atoms with van der Waals surface area (Å²) in [5, 5.41) is 6.91. The van der Waals surface area contributed by atoms with Crippen molar-refractivity contribution in [3.8, 4) is 5.88 Å². The molecule has 2 aliphatic rings. The van der Waals surface area contributed by atoms with E-state index in [1.54, 1.807) is 6.07 Å². The highest BCUT2D eigenvalue weighted by molar-refractivity contribution is 6.06. The van der Waals surface area contributed by atoms with Crippen molar-refractivity contribution in [2.24, 2.45) is 11.8 Å². The van der Waals surface area contributed by atoms with Crippen LogP contribution < -0.4 is 15.4 Å². The summed E-state index contributed by atoms with van der Waals surface area (Å²) in [5.74, 6) is 1.29. The molecule has 9 heteroatoms. The fraction of sp³-hybridized carbons (Fsp3) is 0.645. The first-order valence-electron chi connectivity index (χ1n) is 14.8. The minimum Gasteiger partial charge on any atom is -0.478 e. The number of alkyl carbamates (subject to hydrolysis) is 1. The highest BCUT2D eigenvalue weighted by atomic mass is 16.6. The fourth-order valence-corrected chi connectivity index (χ4v) is 5.46. The minimum absolute atomic E-state index is 0.0883. The molecule has 0 atom stereocenters. The van der Waals surface area contributed by atoms with Gasteiger partial charge >= 0.3 is 6.09 Å². The number of para-hydroxylation sites is 1. The lowest BCUT2D eigenvalue weighted by Crippen LogP contribution is -2.44. The van der Waals surface area contributed by atoms with Crippen LogP contribution in [0, 0.1) is 11.8 Å². The zero-order valence-electron chi connectivity index (χ0n) is 24.7. The van der Waals surface area contributed by atoms with Crippen molar-refractivity contribution in [2.45, 2.75) is 58.5 Å². The van der Waals surface area contributed by atoms with Crippen molar-refractivity contribution in [2.75, 3.05) is 59.5 Å². The molecule has 2 fully saturated rings. The molecule has 2 aromatic rings. The summed E-state index contributed by atoms with van der Waals surface area (Å²) in [7, 11) is 2.17. The van der Waals surface area contributed by atoms with E-state index in [1.807, 2.05) is 45.0 Å². The number of likely N-dealkylation sites (N-methyl/N-ethyl adjacent to an activating group) is 1. The molecule has 1 saturated carbocycles. The third-order valence-electron chi connectivity index (χ3n) is 7.85. The van der Waals surface area contributed by atoms with Gasteiger partial charge < -0.3 is 29.9 Å². The number of carbonyl (C=O) groups is 2. The first kappa shape index (κ1) is 30.1. The molecular weight excluding hydrogens is 506 g/mol. The normalized spacial score (nSPS) is 20.7. The molecule has 1 saturated heterocycles. The Balaban J connectivity index is 1.24. The molecule has 220 valence electrons. The maximum Gasteiger partial charge on any atom is 0.407 e. The number of piperazine rings is 1. The Labute approximate surface area is 239 Å². The molecule has 0 bridgehead atoms. The minimum atomic E-state index is -0.489. The van der Waals surface area contributed by atoms with Gasteiger partial charge in [-0.3, -0.25) is 4.79 Å². The third-order valence-corrected chi connectivity index (χ3v) is 7.85. The highest BCUT2D eigenvalue weighted by Gasteiger charge is 2.24. The monoisotopic (exact) mass is 553 g/mol. The average Bonchev–Trinajstić information content (AvgIpc) is 2.93. The lowest BCUT2D eigenvalue weighted by atomic mass is 9.82. The molecular formula is C31H47N5O4. The van der Waals surface area contributed by atoms with E-state index >= 15 is 0 Å². The number of fused-ring (bicyclic) bond motifs is 1. The molecule has 1 aromatic heterocycles. The predicted octanol–water partition coefficient (Wildman–Crippen LogP) is 4.31. The van der Waals surface area contributed by atoms with Gasteiger partial charge in [-0.2, -0.15) is 0 Å². The van der Waals surface area contributed by atoms with E-state index in [4.69, 9.17) is 9.47 Å². The van der Waals surface area contributed by atoms with Crippen LogP contribution in [0.25, 0.3) is 10.9 Å². The number of hydrogen-bond donors (Lipinski definition) is 2. The zero-order valence-corrected chi connectivity index (χ0v) is 24.7. The van der Waals surface area contributed by atoms with Crippen LogP contribution in [-0.4, -0.2) is 91.9 Å². The Morgan fingerprint density at radius 1 is 0.975 bits per heavy atom. The van der Waals surface area contributed by atoms with E-state index in [0.717, 1.165) is 75.7 Å². The molecule has 1 aliphatic carbocycles. The zero-order chi connectivity index (χ0) is 28.5. The standard InChI is InChI=1S/C31H47N5O4/c1-31(2,3)40-30(38)33-22-24-12-10-23(11-13-24)21-32-29(37)26-20-28(34-27-9-6-5-8-25(26)27)39-19-7-14-36-17-15-35(4)16-18-36/h5-6,8-9,20,23-24H,7,10-19,21-22H2,1-4H3,(H,32,37)(H,33,38). The summed E-state index contributed by atoms with van der Waals surface area (Å²) >= 11 is 0. The molecule has 0 spiro atoms. The van der Waals surface area contributed by atoms with Gasteiger partial charge in [-0.25, -0.2) is 9.78 Å². The average molecular weight is 554 g/mol. The summed E-state index contributed by atoms with van der Waals surface area (Å²) in [6.07, 6.45) is 4.68. The smallest absolute Gasteiger partial charge is 0.407 e. The van der Waals surface area contributed by atoms with E-state index in [1.165, 1.54) is 0 Å². The van der Waals surface area contributed by atoms with Crippen LogP contribution >= 0.6 is 0 Å². The molecule has 1 aromatic carbocycles. The number of rotatable bonds is 10. The van der Waals surface area contributed by atoms with Gasteiger partial charge in [0, 0.05) is 57.3 Å². The molecule has 0 radical (unpaired) electrons. The van der Waals surface area contributed by atoms with Crippen molar-refractivity contribution in [1.29, 1.82) is 0 Å². The van der Waals surface area contributed by atoms with Crippen LogP contribution in [0.5, 0.6) is 5.88 Å². The molecule has 0 unspecified atom stereocenters. The Bertz CT molecular complexity index is 1120. The summed E-state index contributed by atoms with van der Waals surface area (Å²) in [6, 6.07) is 9.52. The lowest BCUT2D eigenvalue weighted by molar-refractivity contribution is 0.0512. The summed E-state index contributed by atoms with van der Waals surface area (Å²) in [6.45, 7) is 12.9. The first-order valence-corrected chi connectivity index (χ1v) is 14.8. The van der Waals surface area contributed by atoms with Crippen LogP contribution in [0.15, 0.2) is 30.3 Å². The second-order valence-corrected chi connectivity index (χ2v) is 12.4. The number of pyridine rings is 1. The van der Waals surface area contributed by atoms with E-state index in [-0.39, 0.29) is 12.0 Å². The summed E-state index contributed by atoms with van der Waals surface area (Å²) in [4.78, 5) is 34.7. The van der Waals surface area contributed by atoms with Gasteiger partial charge in [0.1, 0.15) is 5.60 Å². The quantitative estimate of drug-likeness (QED) is 0.423. The van der Waals surface area contributed by atoms with Gasteiger partial charge in [-0.1, -0.05) is 18.2 Å². The summed E-state index contributed by atoms with van der Waals surface area (Å²) in [5.41, 5.74) is 0.884. The molecule has 2 N–H and O–H groups in total. The van der Waals surface area contributed by atoms with Crippen LogP contribution in [0.1, 0.15) is 63.2 Å². The van der Waals surface area contributed by atoms with Crippen molar-refractivity contribution in [3.63, 3.8) is 0 Å². The van der Waals surface area contributed by atoms with Crippen molar-refractivity contribution in [3.05, 3.63) is 35.9 Å². The van der Waals surface area contributed by atoms with Crippen LogP contribution in [0.3, 0.4) is 0 Å². The van der Waals surface area contributed by atoms with Gasteiger partial charge in [0.15, 0.2) is 0 Å². The number of aromatic nitrogens is 1. The lowest BCUT2D eigenvalue weighted by Gasteiger charge is -2.32. The number of ether oxygens (including phenoxy) is 2. The SMILES string of the molecule is CN1CCN(CCCOc2cc(C(=O)NCC3CCC(CNC(=O)OC(C)(C)C)CC3)c3ccccc3n2)CC1. The summed E-state index contributed by atoms with van der Waals surface area (Å²) < 4.78 is 11.4. The van der Waals surface area contributed by atoms with E-state index in [9.17, 15) is 9.59 Å². The fourth-order valence-electron chi connectivity index (χ4n) is 5.46. The topological polar surface area (TPSA) is 96.0 Å². The van der Waals surface area contributed by atoms with Crippen LogP contribution in [0.2, 0.25) is 0 Å². The Hall–Kier alpha value is -2.91. The molecule has 2 amide bonds. The second kappa shape index (κ2) is 14.1. The molecule has 9 nitrogen and oxygen atoms in total. The maximum atomic E-state index is 13.3. The molecule has 2 heterocycles. The largest absolute Gasteiger partial charge is 0.478 e. The van der Waals surface area contributed by atoms with Gasteiger partial charge in [0.2, 0.25) is 5.88 Å². The molecule has 4 rings (SSSR count). The number of carbonyl (C=O) groups excluding carboxylic acids is 2. The molecule has 40 heavy (non-hydrogen) atoms. The van der Waals surface area contributed by atoms with Gasteiger partial charge in [-0.05, 0) is 77.8 Å². The Morgan fingerprint density at radius 2 is 1.62 bits per heavy atom. The highest BCUT2D eigenvalue weighted by Crippen LogP contribution is 2.28. The van der Waals surface area contributed by atoms with Crippen LogP contribution in [0.4, 0.5) is 4.79 Å². The predicted molar refractivity (Wildman–Crippen MR) is 158 cm³/mol. The Morgan fingerprint density at radius 3 is 2.30 bits per heavy atom. The molecule has 1 aliphatic heterocycles. The van der Waals surface area contributed by atoms with Gasteiger partial charge in [0.25, 0.3) is 5.91 Å². The number of amides is 2. The van der Waals surface area contributed by atoms with Crippen molar-refractivity contribution < 1.29 is 19.1 Å².